The van der Waals surface area contributed by atoms with Crippen molar-refractivity contribution in [1.82, 2.24) is 19.9 Å². The van der Waals surface area contributed by atoms with Gasteiger partial charge < -0.3 is 19.6 Å². The van der Waals surface area contributed by atoms with E-state index in [9.17, 15) is 0 Å². The molecule has 5 rings (SSSR count). The molecular formula is C20H24BrN5O. The highest BCUT2D eigenvalue weighted by Crippen LogP contribution is 2.19. The minimum Gasteiger partial charge on any atom is -0.378 e. The number of aromatic nitrogens is 4. The van der Waals surface area contributed by atoms with Crippen LogP contribution in [0.25, 0.3) is 22.1 Å². The molecule has 0 radical (unpaired) electrons. The molecule has 4 aromatic heterocycles. The smallest absolute Gasteiger partial charge is 0.137 e. The second-order valence-corrected chi connectivity index (χ2v) is 6.69. The molecular weight excluding hydrogens is 406 g/mol. The van der Waals surface area contributed by atoms with Crippen molar-refractivity contribution in [1.29, 1.82) is 0 Å². The number of nitrogens with zero attached hydrogens (tertiary/aromatic N) is 3. The summed E-state index contributed by atoms with van der Waals surface area (Å²) < 4.78 is 6.34. The van der Waals surface area contributed by atoms with Crippen molar-refractivity contribution in [3.8, 4) is 0 Å². The average molecular weight is 430 g/mol. The third-order valence-electron chi connectivity index (χ3n) is 4.13. The van der Waals surface area contributed by atoms with E-state index in [0.717, 1.165) is 47.5 Å². The Morgan fingerprint density at radius 1 is 0.926 bits per heavy atom. The summed E-state index contributed by atoms with van der Waals surface area (Å²) in [7, 11) is 0. The van der Waals surface area contributed by atoms with Crippen LogP contribution in [-0.2, 0) is 4.74 Å². The molecule has 0 aromatic carbocycles. The van der Waals surface area contributed by atoms with Gasteiger partial charge in [0.2, 0.25) is 0 Å². The summed E-state index contributed by atoms with van der Waals surface area (Å²) >= 11 is 3.34. The first-order valence-electron chi connectivity index (χ1n) is 9.14. The van der Waals surface area contributed by atoms with Crippen LogP contribution in [0.5, 0.6) is 0 Å². The number of H-pyrrole nitrogens is 2. The second-order valence-electron chi connectivity index (χ2n) is 5.78. The maximum Gasteiger partial charge on any atom is 0.137 e. The van der Waals surface area contributed by atoms with Gasteiger partial charge in [-0.2, -0.15) is 0 Å². The van der Waals surface area contributed by atoms with Crippen LogP contribution in [0.4, 0.5) is 5.69 Å². The molecule has 0 unspecified atom stereocenters. The molecule has 7 heteroatoms. The number of morpholine rings is 1. The van der Waals surface area contributed by atoms with Gasteiger partial charge in [-0.1, -0.05) is 13.8 Å². The minimum absolute atomic E-state index is 0.811. The van der Waals surface area contributed by atoms with Crippen LogP contribution >= 0.6 is 15.9 Å². The predicted octanol–water partition coefficient (Wildman–Crippen LogP) is 4.75. The number of pyridine rings is 2. The van der Waals surface area contributed by atoms with Crippen LogP contribution in [0, 0.1) is 0 Å². The molecule has 2 N–H and O–H groups in total. The molecule has 142 valence electrons. The summed E-state index contributed by atoms with van der Waals surface area (Å²) in [6.45, 7) is 7.53. The summed E-state index contributed by atoms with van der Waals surface area (Å²) in [5.41, 5.74) is 3.07. The monoisotopic (exact) mass is 429 g/mol. The summed E-state index contributed by atoms with van der Waals surface area (Å²) in [5, 5.41) is 2.30. The van der Waals surface area contributed by atoms with Crippen molar-refractivity contribution >= 4 is 43.7 Å². The van der Waals surface area contributed by atoms with Crippen LogP contribution in [0.3, 0.4) is 0 Å². The van der Waals surface area contributed by atoms with E-state index in [1.807, 2.05) is 50.6 Å². The largest absolute Gasteiger partial charge is 0.378 e. The van der Waals surface area contributed by atoms with Gasteiger partial charge in [0.05, 0.1) is 25.1 Å². The zero-order chi connectivity index (χ0) is 19.1. The van der Waals surface area contributed by atoms with Crippen molar-refractivity contribution in [2.45, 2.75) is 13.8 Å². The zero-order valence-corrected chi connectivity index (χ0v) is 17.2. The Hall–Kier alpha value is -2.38. The molecule has 27 heavy (non-hydrogen) atoms. The molecule has 0 bridgehead atoms. The molecule has 1 aliphatic rings. The van der Waals surface area contributed by atoms with E-state index in [1.165, 1.54) is 11.1 Å². The first-order valence-corrected chi connectivity index (χ1v) is 9.93. The molecule has 0 amide bonds. The van der Waals surface area contributed by atoms with Gasteiger partial charge in [0.15, 0.2) is 0 Å². The number of ether oxygens (including phenoxy) is 1. The van der Waals surface area contributed by atoms with E-state index in [-0.39, 0.29) is 0 Å². The Morgan fingerprint density at radius 3 is 2.19 bits per heavy atom. The van der Waals surface area contributed by atoms with Gasteiger partial charge in [-0.25, -0.2) is 9.97 Å². The molecule has 1 aliphatic heterocycles. The van der Waals surface area contributed by atoms with E-state index >= 15 is 0 Å². The summed E-state index contributed by atoms with van der Waals surface area (Å²) in [6.07, 6.45) is 7.49. The summed E-state index contributed by atoms with van der Waals surface area (Å²) in [5.74, 6) is 0. The Morgan fingerprint density at radius 2 is 1.52 bits per heavy atom. The van der Waals surface area contributed by atoms with Crippen molar-refractivity contribution in [2.75, 3.05) is 31.2 Å². The van der Waals surface area contributed by atoms with Crippen molar-refractivity contribution in [2.24, 2.45) is 0 Å². The van der Waals surface area contributed by atoms with Gasteiger partial charge in [0.25, 0.3) is 0 Å². The molecule has 0 saturated carbocycles. The number of halogens is 1. The third kappa shape index (κ3) is 4.87. The summed E-state index contributed by atoms with van der Waals surface area (Å²) in [4.78, 5) is 16.9. The van der Waals surface area contributed by atoms with Crippen LogP contribution < -0.4 is 4.90 Å². The van der Waals surface area contributed by atoms with E-state index in [1.54, 1.807) is 6.20 Å². The number of aromatic amines is 2. The van der Waals surface area contributed by atoms with E-state index in [0.29, 0.717) is 0 Å². The van der Waals surface area contributed by atoms with Gasteiger partial charge in [-0.05, 0) is 40.2 Å². The Labute approximate surface area is 167 Å². The van der Waals surface area contributed by atoms with E-state index in [2.05, 4.69) is 46.8 Å². The highest BCUT2D eigenvalue weighted by Gasteiger charge is 2.11. The molecule has 4 aromatic rings. The number of anilines is 1. The summed E-state index contributed by atoms with van der Waals surface area (Å²) in [6, 6.07) is 8.24. The third-order valence-corrected chi connectivity index (χ3v) is 4.56. The first-order chi connectivity index (χ1) is 13.3. The Bertz CT molecular complexity index is 975. The number of hydrogen-bond donors (Lipinski definition) is 2. The number of rotatable bonds is 1. The molecule has 5 heterocycles. The van der Waals surface area contributed by atoms with Crippen molar-refractivity contribution in [3.63, 3.8) is 0 Å². The van der Waals surface area contributed by atoms with Gasteiger partial charge in [0.1, 0.15) is 11.3 Å². The molecule has 1 fully saturated rings. The Balaban J connectivity index is 0.000000153. The standard InChI is InChI=1S/C11H13N3O.C7H5BrN2.C2H6/c1-2-12-11-9(1)7-10(8-13-11)14-3-5-15-6-4-14;8-6-3-5-1-2-9-7(5)10-4-6;1-2/h1-2,7-8H,3-6H2,(H,12,13);1-4H,(H,9,10);1-2H3. The van der Waals surface area contributed by atoms with Crippen LogP contribution in [0.15, 0.2) is 53.5 Å². The maximum atomic E-state index is 5.33. The van der Waals surface area contributed by atoms with Crippen molar-refractivity contribution in [3.05, 3.63) is 53.5 Å². The van der Waals surface area contributed by atoms with Gasteiger partial charge in [0, 0.05) is 46.9 Å². The normalized spacial score (nSPS) is 13.7. The fourth-order valence-electron chi connectivity index (χ4n) is 2.84. The first kappa shape index (κ1) is 19.4. The van der Waals surface area contributed by atoms with E-state index < -0.39 is 0 Å². The molecule has 1 saturated heterocycles. The SMILES string of the molecule is Brc1cnc2[nH]ccc2c1.CC.c1cc2cc(N3CCOCC3)cnc2[nH]1. The predicted molar refractivity (Wildman–Crippen MR) is 114 cm³/mol. The zero-order valence-electron chi connectivity index (χ0n) is 15.6. The highest BCUT2D eigenvalue weighted by atomic mass is 79.9. The lowest BCUT2D eigenvalue weighted by Gasteiger charge is -2.28. The molecule has 0 aliphatic carbocycles. The lowest BCUT2D eigenvalue weighted by molar-refractivity contribution is 0.122. The minimum atomic E-state index is 0.811. The van der Waals surface area contributed by atoms with Crippen LogP contribution in [0.2, 0.25) is 0 Å². The van der Waals surface area contributed by atoms with Crippen LogP contribution in [-0.4, -0.2) is 46.2 Å². The van der Waals surface area contributed by atoms with Gasteiger partial charge in [-0.15, -0.1) is 0 Å². The van der Waals surface area contributed by atoms with Gasteiger partial charge in [-0.3, -0.25) is 0 Å². The van der Waals surface area contributed by atoms with Crippen LogP contribution in [0.1, 0.15) is 13.8 Å². The molecule has 0 spiro atoms. The molecule has 0 atom stereocenters. The fourth-order valence-corrected chi connectivity index (χ4v) is 3.18. The van der Waals surface area contributed by atoms with Crippen molar-refractivity contribution < 1.29 is 4.74 Å². The quantitative estimate of drug-likeness (QED) is 0.457. The fraction of sp³-hybridized carbons (Fsp3) is 0.300. The average Bonchev–Trinajstić information content (AvgIpc) is 3.39. The number of nitrogens with one attached hydrogen (secondary N) is 2. The molecule has 6 nitrogen and oxygen atoms in total. The van der Waals surface area contributed by atoms with Gasteiger partial charge >= 0.3 is 0 Å². The lowest BCUT2D eigenvalue weighted by Crippen LogP contribution is -2.36. The highest BCUT2D eigenvalue weighted by molar-refractivity contribution is 9.10. The second kappa shape index (κ2) is 9.53. The van der Waals surface area contributed by atoms with E-state index in [4.69, 9.17) is 4.74 Å². The Kier molecular flexibility index (Phi) is 6.84. The number of hydrogen-bond acceptors (Lipinski definition) is 4. The maximum absolute atomic E-state index is 5.33. The topological polar surface area (TPSA) is 69.8 Å². The lowest BCUT2D eigenvalue weighted by atomic mass is 10.3. The number of fused-ring (bicyclic) bond motifs is 2.